The Morgan fingerprint density at radius 2 is 2.10 bits per heavy atom. The van der Waals surface area contributed by atoms with E-state index < -0.39 is 0 Å². The van der Waals surface area contributed by atoms with E-state index in [0.717, 1.165) is 31.7 Å². The van der Waals surface area contributed by atoms with Crippen molar-refractivity contribution < 1.29 is 14.3 Å². The molecule has 1 aromatic heterocycles. The van der Waals surface area contributed by atoms with Gasteiger partial charge in [-0.1, -0.05) is 0 Å². The van der Waals surface area contributed by atoms with Crippen LogP contribution >= 0.6 is 0 Å². The Morgan fingerprint density at radius 3 is 2.70 bits per heavy atom. The molecule has 108 valence electrons. The van der Waals surface area contributed by atoms with Gasteiger partial charge in [-0.15, -0.1) is 0 Å². The number of piperidine rings is 1. The Morgan fingerprint density at radius 1 is 1.40 bits per heavy atom. The summed E-state index contributed by atoms with van der Waals surface area (Å²) in [6.07, 6.45) is 3.37. The van der Waals surface area contributed by atoms with E-state index >= 15 is 0 Å². The molecule has 2 rings (SSSR count). The van der Waals surface area contributed by atoms with Crippen LogP contribution in [0.1, 0.15) is 30.1 Å². The Hall–Kier alpha value is -2.11. The van der Waals surface area contributed by atoms with Crippen molar-refractivity contribution in [1.29, 1.82) is 0 Å². The van der Waals surface area contributed by atoms with Crippen LogP contribution in [0.2, 0.25) is 0 Å². The van der Waals surface area contributed by atoms with Crippen LogP contribution in [0, 0.1) is 0 Å². The minimum atomic E-state index is -0.359. The zero-order chi connectivity index (χ0) is 14.5. The molecule has 0 unspecified atom stereocenters. The number of rotatable bonds is 3. The molecule has 1 saturated heterocycles. The Labute approximate surface area is 118 Å². The molecule has 6 heteroatoms. The summed E-state index contributed by atoms with van der Waals surface area (Å²) in [4.78, 5) is 28.9. The number of carbonyl (C=O) groups excluding carboxylic acids is 2. The fraction of sp³-hybridized carbons (Fsp3) is 0.500. The lowest BCUT2D eigenvalue weighted by Crippen LogP contribution is -2.44. The second-order valence-electron chi connectivity index (χ2n) is 4.86. The number of esters is 1. The van der Waals surface area contributed by atoms with Crippen LogP contribution < -0.4 is 10.2 Å². The van der Waals surface area contributed by atoms with Gasteiger partial charge in [0, 0.05) is 32.3 Å². The number of nitrogens with one attached hydrogen (secondary N) is 1. The third-order valence-electron chi connectivity index (χ3n) is 3.39. The van der Waals surface area contributed by atoms with Crippen molar-refractivity contribution in [2.24, 2.45) is 0 Å². The van der Waals surface area contributed by atoms with Crippen molar-refractivity contribution in [2.45, 2.75) is 25.8 Å². The molecule has 1 aliphatic heterocycles. The summed E-state index contributed by atoms with van der Waals surface area (Å²) in [6.45, 7) is 3.15. The molecule has 1 amide bonds. The number of nitrogens with zero attached hydrogens (tertiary/aromatic N) is 2. The van der Waals surface area contributed by atoms with Crippen LogP contribution in [0.3, 0.4) is 0 Å². The molecular weight excluding hydrogens is 258 g/mol. The predicted molar refractivity (Wildman–Crippen MR) is 74.6 cm³/mol. The number of aromatic nitrogens is 1. The first-order valence-electron chi connectivity index (χ1n) is 6.66. The lowest BCUT2D eigenvalue weighted by molar-refractivity contribution is -0.119. The molecule has 0 radical (unpaired) electrons. The highest BCUT2D eigenvalue weighted by Crippen LogP contribution is 2.19. The first-order chi connectivity index (χ1) is 9.60. The topological polar surface area (TPSA) is 71.5 Å². The number of pyridine rings is 1. The number of hydrogen-bond acceptors (Lipinski definition) is 5. The van der Waals surface area contributed by atoms with Gasteiger partial charge in [0.15, 0.2) is 0 Å². The Balaban J connectivity index is 2.00. The maximum atomic E-state index is 11.5. The predicted octanol–water partition coefficient (Wildman–Crippen LogP) is 0.973. The summed E-state index contributed by atoms with van der Waals surface area (Å²) in [7, 11) is 1.36. The quantitative estimate of drug-likeness (QED) is 0.834. The smallest absolute Gasteiger partial charge is 0.338 e. The van der Waals surface area contributed by atoms with Crippen molar-refractivity contribution in [1.82, 2.24) is 10.3 Å². The van der Waals surface area contributed by atoms with Gasteiger partial charge in [-0.2, -0.15) is 0 Å². The van der Waals surface area contributed by atoms with E-state index in [4.69, 9.17) is 4.74 Å². The molecule has 1 N–H and O–H groups in total. The van der Waals surface area contributed by atoms with Crippen LogP contribution in [-0.2, 0) is 9.53 Å². The summed E-state index contributed by atoms with van der Waals surface area (Å²) in [5.41, 5.74) is 0.501. The highest BCUT2D eigenvalue weighted by molar-refractivity contribution is 5.90. The second kappa shape index (κ2) is 6.36. The summed E-state index contributed by atoms with van der Waals surface area (Å²) in [5, 5.41) is 2.93. The molecule has 1 fully saturated rings. The van der Waals surface area contributed by atoms with Crippen LogP contribution in [-0.4, -0.2) is 43.1 Å². The minimum absolute atomic E-state index is 0.00858. The van der Waals surface area contributed by atoms with Gasteiger partial charge in [-0.3, -0.25) is 4.79 Å². The van der Waals surface area contributed by atoms with Crippen LogP contribution in [0.15, 0.2) is 18.3 Å². The fourth-order valence-electron chi connectivity index (χ4n) is 2.38. The highest BCUT2D eigenvalue weighted by Gasteiger charge is 2.21. The average molecular weight is 277 g/mol. The minimum Gasteiger partial charge on any atom is -0.465 e. The molecule has 0 saturated carbocycles. The monoisotopic (exact) mass is 277 g/mol. The van der Waals surface area contributed by atoms with Gasteiger partial charge in [0.2, 0.25) is 5.91 Å². The standard InChI is InChI=1S/C14H19N3O3/c1-10(18)16-12-4-7-17(8-5-12)13-9-11(3-6-15-13)14(19)20-2/h3,6,9,12H,4-5,7-8H2,1-2H3,(H,16,18). The molecule has 1 aliphatic rings. The van der Waals surface area contributed by atoms with Gasteiger partial charge in [0.1, 0.15) is 5.82 Å². The first-order valence-corrected chi connectivity index (χ1v) is 6.66. The zero-order valence-corrected chi connectivity index (χ0v) is 11.8. The molecule has 0 atom stereocenters. The Kier molecular flexibility index (Phi) is 4.55. The van der Waals surface area contributed by atoms with E-state index in [1.165, 1.54) is 14.0 Å². The summed E-state index contributed by atoms with van der Waals surface area (Å²) >= 11 is 0. The van der Waals surface area contributed by atoms with Crippen LogP contribution in [0.25, 0.3) is 0 Å². The summed E-state index contributed by atoms with van der Waals surface area (Å²) in [6, 6.07) is 3.61. The summed E-state index contributed by atoms with van der Waals surface area (Å²) < 4.78 is 4.71. The normalized spacial score (nSPS) is 15.8. The van der Waals surface area contributed by atoms with Crippen molar-refractivity contribution in [3.05, 3.63) is 23.9 Å². The highest BCUT2D eigenvalue weighted by atomic mass is 16.5. The molecule has 0 aromatic carbocycles. The largest absolute Gasteiger partial charge is 0.465 e. The third-order valence-corrected chi connectivity index (χ3v) is 3.39. The van der Waals surface area contributed by atoms with Crippen molar-refractivity contribution in [2.75, 3.05) is 25.1 Å². The Bertz CT molecular complexity index is 496. The van der Waals surface area contributed by atoms with Crippen LogP contribution in [0.4, 0.5) is 5.82 Å². The van der Waals surface area contributed by atoms with Gasteiger partial charge in [0.25, 0.3) is 0 Å². The number of amides is 1. The van der Waals surface area contributed by atoms with Crippen molar-refractivity contribution in [3.8, 4) is 0 Å². The molecule has 20 heavy (non-hydrogen) atoms. The van der Waals surface area contributed by atoms with E-state index in [0.29, 0.717) is 5.56 Å². The van der Waals surface area contributed by atoms with Gasteiger partial charge >= 0.3 is 5.97 Å². The molecule has 1 aromatic rings. The number of carbonyl (C=O) groups is 2. The molecule has 6 nitrogen and oxygen atoms in total. The SMILES string of the molecule is COC(=O)c1ccnc(N2CCC(NC(C)=O)CC2)c1. The van der Waals surface area contributed by atoms with E-state index in [-0.39, 0.29) is 17.9 Å². The molecule has 2 heterocycles. The fourth-order valence-corrected chi connectivity index (χ4v) is 2.38. The molecule has 0 aliphatic carbocycles. The maximum absolute atomic E-state index is 11.5. The first kappa shape index (κ1) is 14.3. The molecule has 0 spiro atoms. The zero-order valence-electron chi connectivity index (χ0n) is 11.8. The van der Waals surface area contributed by atoms with Crippen molar-refractivity contribution >= 4 is 17.7 Å². The molecular formula is C14H19N3O3. The van der Waals surface area contributed by atoms with Crippen molar-refractivity contribution in [3.63, 3.8) is 0 Å². The van der Waals surface area contributed by atoms with E-state index in [9.17, 15) is 9.59 Å². The van der Waals surface area contributed by atoms with Gasteiger partial charge in [-0.05, 0) is 25.0 Å². The number of ether oxygens (including phenoxy) is 1. The summed E-state index contributed by atoms with van der Waals surface area (Å²) in [5.74, 6) is 0.422. The van der Waals surface area contributed by atoms with Gasteiger partial charge < -0.3 is 15.0 Å². The van der Waals surface area contributed by atoms with E-state index in [1.807, 2.05) is 0 Å². The number of methoxy groups -OCH3 is 1. The van der Waals surface area contributed by atoms with E-state index in [2.05, 4.69) is 15.2 Å². The lowest BCUT2D eigenvalue weighted by Gasteiger charge is -2.33. The number of hydrogen-bond donors (Lipinski definition) is 1. The third kappa shape index (κ3) is 3.46. The average Bonchev–Trinajstić information content (AvgIpc) is 2.47. The second-order valence-corrected chi connectivity index (χ2v) is 4.86. The molecule has 0 bridgehead atoms. The lowest BCUT2D eigenvalue weighted by atomic mass is 10.0. The van der Waals surface area contributed by atoms with Crippen LogP contribution in [0.5, 0.6) is 0 Å². The van der Waals surface area contributed by atoms with Gasteiger partial charge in [-0.25, -0.2) is 9.78 Å². The van der Waals surface area contributed by atoms with E-state index in [1.54, 1.807) is 18.3 Å². The van der Waals surface area contributed by atoms with Gasteiger partial charge in [0.05, 0.1) is 12.7 Å². The maximum Gasteiger partial charge on any atom is 0.338 e. The number of anilines is 1.